The molecule has 0 radical (unpaired) electrons. The summed E-state index contributed by atoms with van der Waals surface area (Å²) in [6, 6.07) is 12.4. The number of nitrogens with two attached hydrogens (primary N) is 1. The van der Waals surface area contributed by atoms with E-state index in [0.717, 1.165) is 0 Å². The number of tetrazole rings is 1. The smallest absolute Gasteiger partial charge is 0.188 e. The molecule has 0 bridgehead atoms. The fourth-order valence-corrected chi connectivity index (χ4v) is 2.27. The van der Waals surface area contributed by atoms with E-state index in [-0.39, 0.29) is 0 Å². The normalized spacial score (nSPS) is 10.7. The molecule has 0 saturated heterocycles. The zero-order valence-electron chi connectivity index (χ0n) is 10.2. The lowest BCUT2D eigenvalue weighted by Gasteiger charge is -2.08. The Kier molecular flexibility index (Phi) is 3.30. The van der Waals surface area contributed by atoms with Gasteiger partial charge < -0.3 is 5.73 Å². The Hall–Kier alpha value is -2.11. The van der Waals surface area contributed by atoms with Crippen LogP contribution in [0.15, 0.2) is 42.5 Å². The summed E-state index contributed by atoms with van der Waals surface area (Å²) in [4.78, 5) is 0. The Labute approximate surface area is 124 Å². The Morgan fingerprint density at radius 1 is 1.00 bits per heavy atom. The summed E-state index contributed by atoms with van der Waals surface area (Å²) >= 11 is 12.4. The number of nitrogens with zero attached hydrogens (tertiary/aromatic N) is 4. The van der Waals surface area contributed by atoms with Crippen molar-refractivity contribution in [2.45, 2.75) is 0 Å². The summed E-state index contributed by atoms with van der Waals surface area (Å²) in [5.41, 5.74) is 7.69. The number of para-hydroxylation sites is 1. The first-order chi connectivity index (χ1) is 9.66. The molecule has 0 fully saturated rings. The summed E-state index contributed by atoms with van der Waals surface area (Å²) in [6.45, 7) is 0. The average Bonchev–Trinajstić information content (AvgIpc) is 2.91. The number of rotatable bonds is 2. The van der Waals surface area contributed by atoms with Crippen LogP contribution < -0.4 is 5.73 Å². The van der Waals surface area contributed by atoms with E-state index in [4.69, 9.17) is 28.9 Å². The van der Waals surface area contributed by atoms with Crippen molar-refractivity contribution in [3.05, 3.63) is 52.5 Å². The van der Waals surface area contributed by atoms with E-state index in [1.54, 1.807) is 24.3 Å². The standard InChI is InChI=1S/C13H9Cl2N5/c14-10-6-5-8(16)7-9(10)13-17-18-19-20(13)12-4-2-1-3-11(12)15/h1-7H,16H2. The van der Waals surface area contributed by atoms with Gasteiger partial charge in [-0.05, 0) is 40.8 Å². The Morgan fingerprint density at radius 3 is 2.60 bits per heavy atom. The second-order valence-corrected chi connectivity index (χ2v) is 4.92. The number of anilines is 1. The van der Waals surface area contributed by atoms with Crippen molar-refractivity contribution in [2.75, 3.05) is 5.73 Å². The lowest BCUT2D eigenvalue weighted by atomic mass is 10.2. The van der Waals surface area contributed by atoms with E-state index in [0.29, 0.717) is 32.8 Å². The van der Waals surface area contributed by atoms with E-state index in [9.17, 15) is 0 Å². The Morgan fingerprint density at radius 2 is 1.80 bits per heavy atom. The first-order valence-corrected chi connectivity index (χ1v) is 6.51. The molecular weight excluding hydrogens is 297 g/mol. The highest BCUT2D eigenvalue weighted by Gasteiger charge is 2.15. The van der Waals surface area contributed by atoms with Crippen LogP contribution in [0.3, 0.4) is 0 Å². The molecule has 2 N–H and O–H groups in total. The maximum absolute atomic E-state index is 6.19. The zero-order chi connectivity index (χ0) is 14.1. The third-order valence-electron chi connectivity index (χ3n) is 2.78. The van der Waals surface area contributed by atoms with Crippen molar-refractivity contribution in [2.24, 2.45) is 0 Å². The van der Waals surface area contributed by atoms with Crippen molar-refractivity contribution < 1.29 is 0 Å². The molecule has 0 spiro atoms. The van der Waals surface area contributed by atoms with Gasteiger partial charge >= 0.3 is 0 Å². The van der Waals surface area contributed by atoms with Gasteiger partial charge in [-0.1, -0.05) is 35.3 Å². The van der Waals surface area contributed by atoms with Gasteiger partial charge in [0.05, 0.1) is 15.7 Å². The minimum absolute atomic E-state index is 0.482. The van der Waals surface area contributed by atoms with Gasteiger partial charge in [0.25, 0.3) is 0 Å². The number of halogens is 2. The van der Waals surface area contributed by atoms with Gasteiger partial charge in [0.1, 0.15) is 0 Å². The Bertz CT molecular complexity index is 769. The summed E-state index contributed by atoms with van der Waals surface area (Å²) in [6.07, 6.45) is 0. The molecule has 3 aromatic rings. The molecule has 0 unspecified atom stereocenters. The quantitative estimate of drug-likeness (QED) is 0.738. The number of hydrogen-bond donors (Lipinski definition) is 1. The fourth-order valence-electron chi connectivity index (χ4n) is 1.86. The molecule has 5 nitrogen and oxygen atoms in total. The third kappa shape index (κ3) is 2.21. The molecule has 20 heavy (non-hydrogen) atoms. The predicted octanol–water partition coefficient (Wildman–Crippen LogP) is 3.22. The second-order valence-electron chi connectivity index (χ2n) is 4.10. The Balaban J connectivity index is 2.21. The van der Waals surface area contributed by atoms with Crippen molar-refractivity contribution in [1.82, 2.24) is 20.2 Å². The van der Waals surface area contributed by atoms with E-state index >= 15 is 0 Å². The molecule has 7 heteroatoms. The molecule has 2 aromatic carbocycles. The van der Waals surface area contributed by atoms with Crippen LogP contribution in [-0.2, 0) is 0 Å². The number of hydrogen-bond acceptors (Lipinski definition) is 4. The second kappa shape index (κ2) is 5.11. The van der Waals surface area contributed by atoms with Gasteiger partial charge in [-0.25, -0.2) is 0 Å². The van der Waals surface area contributed by atoms with Crippen molar-refractivity contribution in [3.8, 4) is 17.1 Å². The van der Waals surface area contributed by atoms with Gasteiger partial charge in [-0.15, -0.1) is 5.10 Å². The molecule has 100 valence electrons. The van der Waals surface area contributed by atoms with Crippen LogP contribution in [0.25, 0.3) is 17.1 Å². The number of benzene rings is 2. The lowest BCUT2D eigenvalue weighted by Crippen LogP contribution is -2.01. The molecule has 0 aliphatic carbocycles. The maximum atomic E-state index is 6.19. The number of aromatic nitrogens is 4. The third-order valence-corrected chi connectivity index (χ3v) is 3.43. The highest BCUT2D eigenvalue weighted by atomic mass is 35.5. The van der Waals surface area contributed by atoms with Crippen LogP contribution in [0, 0.1) is 0 Å². The summed E-state index contributed by atoms with van der Waals surface area (Å²) in [5, 5.41) is 12.7. The number of nitrogen functional groups attached to an aromatic ring is 1. The molecule has 3 rings (SSSR count). The van der Waals surface area contributed by atoms with Crippen LogP contribution in [0.5, 0.6) is 0 Å². The minimum atomic E-state index is 0.482. The molecule has 0 amide bonds. The SMILES string of the molecule is Nc1ccc(Cl)c(-c2nnnn2-c2ccccc2Cl)c1. The van der Waals surface area contributed by atoms with Crippen molar-refractivity contribution in [3.63, 3.8) is 0 Å². The molecule has 0 atom stereocenters. The van der Waals surface area contributed by atoms with Crippen LogP contribution in [-0.4, -0.2) is 20.2 Å². The van der Waals surface area contributed by atoms with E-state index in [1.165, 1.54) is 4.68 Å². The molecule has 1 aromatic heterocycles. The van der Waals surface area contributed by atoms with Crippen LogP contribution in [0.2, 0.25) is 10.0 Å². The first kappa shape index (κ1) is 12.9. The van der Waals surface area contributed by atoms with Crippen LogP contribution >= 0.6 is 23.2 Å². The van der Waals surface area contributed by atoms with E-state index < -0.39 is 0 Å². The van der Waals surface area contributed by atoms with Crippen LogP contribution in [0.4, 0.5) is 5.69 Å². The maximum Gasteiger partial charge on any atom is 0.188 e. The van der Waals surface area contributed by atoms with Gasteiger partial charge in [0.2, 0.25) is 0 Å². The lowest BCUT2D eigenvalue weighted by molar-refractivity contribution is 0.791. The topological polar surface area (TPSA) is 69.6 Å². The monoisotopic (exact) mass is 305 g/mol. The van der Waals surface area contributed by atoms with Crippen molar-refractivity contribution >= 4 is 28.9 Å². The molecule has 1 heterocycles. The molecular formula is C13H9Cl2N5. The summed E-state index contributed by atoms with van der Waals surface area (Å²) < 4.78 is 1.53. The van der Waals surface area contributed by atoms with Gasteiger partial charge in [0.15, 0.2) is 5.82 Å². The van der Waals surface area contributed by atoms with Gasteiger partial charge in [-0.3, -0.25) is 0 Å². The summed E-state index contributed by atoms with van der Waals surface area (Å²) in [5.74, 6) is 0.482. The van der Waals surface area contributed by atoms with Gasteiger partial charge in [0, 0.05) is 11.3 Å². The zero-order valence-corrected chi connectivity index (χ0v) is 11.7. The minimum Gasteiger partial charge on any atom is -0.399 e. The average molecular weight is 306 g/mol. The largest absolute Gasteiger partial charge is 0.399 e. The molecule has 0 saturated carbocycles. The molecule has 0 aliphatic rings. The van der Waals surface area contributed by atoms with Gasteiger partial charge in [-0.2, -0.15) is 4.68 Å². The summed E-state index contributed by atoms with van der Waals surface area (Å²) in [7, 11) is 0. The van der Waals surface area contributed by atoms with E-state index in [1.807, 2.05) is 18.2 Å². The molecule has 0 aliphatic heterocycles. The fraction of sp³-hybridized carbons (Fsp3) is 0. The van der Waals surface area contributed by atoms with E-state index in [2.05, 4.69) is 15.5 Å². The van der Waals surface area contributed by atoms with Crippen molar-refractivity contribution in [1.29, 1.82) is 0 Å². The predicted molar refractivity (Wildman–Crippen MR) is 79.0 cm³/mol. The highest BCUT2D eigenvalue weighted by Crippen LogP contribution is 2.30. The highest BCUT2D eigenvalue weighted by molar-refractivity contribution is 6.33. The van der Waals surface area contributed by atoms with Crippen LogP contribution in [0.1, 0.15) is 0 Å². The first-order valence-electron chi connectivity index (χ1n) is 5.75.